The molecule has 3 rings (SSSR count). The summed E-state index contributed by atoms with van der Waals surface area (Å²) in [7, 11) is -0.967. The minimum Gasteiger partial charge on any atom is -0.493 e. The summed E-state index contributed by atoms with van der Waals surface area (Å²) in [6, 6.07) is 8.21. The Morgan fingerprint density at radius 3 is 2.19 bits per heavy atom. The molecule has 0 unspecified atom stereocenters. The van der Waals surface area contributed by atoms with Gasteiger partial charge in [-0.25, -0.2) is 8.42 Å². The summed E-state index contributed by atoms with van der Waals surface area (Å²) in [5.74, 6) is 1.22. The van der Waals surface area contributed by atoms with Gasteiger partial charge in [0.25, 0.3) is 0 Å². The van der Waals surface area contributed by atoms with Crippen LogP contribution in [0.25, 0.3) is 0 Å². The first-order valence-corrected chi connectivity index (χ1v) is 11.2. The Kier molecular flexibility index (Phi) is 7.04. The summed E-state index contributed by atoms with van der Waals surface area (Å²) in [4.78, 5) is 1.65. The number of nitrogens with zero attached hydrogens (tertiary/aromatic N) is 2. The van der Waals surface area contributed by atoms with Crippen LogP contribution in [0.15, 0.2) is 41.3 Å². The number of halogens is 4. The zero-order valence-electron chi connectivity index (χ0n) is 16.9. The highest BCUT2D eigenvalue weighted by atomic mass is 35.5. The first-order chi connectivity index (χ1) is 14.6. The van der Waals surface area contributed by atoms with Crippen LogP contribution in [-0.4, -0.2) is 58.0 Å². The van der Waals surface area contributed by atoms with Crippen LogP contribution in [0.4, 0.5) is 13.2 Å². The van der Waals surface area contributed by atoms with Crippen molar-refractivity contribution < 1.29 is 31.1 Å². The maximum absolute atomic E-state index is 13.1. The molecule has 1 aliphatic rings. The molecule has 6 nitrogen and oxygen atoms in total. The molecule has 0 spiro atoms. The van der Waals surface area contributed by atoms with Crippen molar-refractivity contribution in [2.24, 2.45) is 0 Å². The zero-order chi connectivity index (χ0) is 22.8. The van der Waals surface area contributed by atoms with Crippen LogP contribution in [0, 0.1) is 0 Å². The molecule has 2 aromatic rings. The summed E-state index contributed by atoms with van der Waals surface area (Å²) < 4.78 is 76.7. The van der Waals surface area contributed by atoms with E-state index in [-0.39, 0.29) is 13.1 Å². The predicted molar refractivity (Wildman–Crippen MR) is 110 cm³/mol. The van der Waals surface area contributed by atoms with Crippen molar-refractivity contribution >= 4 is 21.6 Å². The van der Waals surface area contributed by atoms with Gasteiger partial charge in [0, 0.05) is 32.7 Å². The molecule has 11 heteroatoms. The van der Waals surface area contributed by atoms with Gasteiger partial charge in [0.2, 0.25) is 10.0 Å². The van der Waals surface area contributed by atoms with Crippen LogP contribution >= 0.6 is 11.6 Å². The van der Waals surface area contributed by atoms with Gasteiger partial charge in [0.15, 0.2) is 11.5 Å². The Morgan fingerprint density at radius 1 is 0.968 bits per heavy atom. The zero-order valence-corrected chi connectivity index (χ0v) is 18.5. The van der Waals surface area contributed by atoms with Crippen molar-refractivity contribution in [2.75, 3.05) is 40.4 Å². The highest BCUT2D eigenvalue weighted by Crippen LogP contribution is 2.36. The molecule has 0 radical (unpaired) electrons. The second-order valence-corrected chi connectivity index (χ2v) is 9.35. The molecule has 2 aromatic carbocycles. The van der Waals surface area contributed by atoms with E-state index in [9.17, 15) is 21.6 Å². The number of piperazine rings is 1. The second-order valence-electron chi connectivity index (χ2n) is 7.01. The average molecular weight is 479 g/mol. The lowest BCUT2D eigenvalue weighted by Gasteiger charge is -2.34. The molecule has 0 N–H and O–H groups in total. The Morgan fingerprint density at radius 2 is 1.61 bits per heavy atom. The third kappa shape index (κ3) is 5.25. The fraction of sp³-hybridized carbons (Fsp3) is 0.400. The van der Waals surface area contributed by atoms with E-state index >= 15 is 0 Å². The molecule has 1 aliphatic heterocycles. The normalized spacial score (nSPS) is 16.3. The van der Waals surface area contributed by atoms with Crippen LogP contribution in [-0.2, 0) is 22.7 Å². The molecule has 1 saturated heterocycles. The lowest BCUT2D eigenvalue weighted by atomic mass is 10.1. The molecule has 1 fully saturated rings. The molecule has 1 heterocycles. The van der Waals surface area contributed by atoms with Gasteiger partial charge in [-0.15, -0.1) is 0 Å². The molecule has 170 valence electrons. The van der Waals surface area contributed by atoms with Gasteiger partial charge in [0.1, 0.15) is 0 Å². The van der Waals surface area contributed by atoms with Crippen molar-refractivity contribution in [3.05, 3.63) is 52.5 Å². The maximum Gasteiger partial charge on any atom is 0.417 e. The van der Waals surface area contributed by atoms with Gasteiger partial charge < -0.3 is 9.47 Å². The molecule has 0 atom stereocenters. The first kappa shape index (κ1) is 23.6. The molecule has 0 bridgehead atoms. The van der Waals surface area contributed by atoms with Crippen molar-refractivity contribution in [1.29, 1.82) is 0 Å². The SMILES string of the molecule is COc1ccc(CN2CCN(S(=O)(=O)c3ccc(Cl)c(C(F)(F)F)c3)CC2)cc1OC. The van der Waals surface area contributed by atoms with Gasteiger partial charge in [-0.3, -0.25) is 4.90 Å². The van der Waals surface area contributed by atoms with E-state index in [0.717, 1.165) is 17.7 Å². The highest BCUT2D eigenvalue weighted by molar-refractivity contribution is 7.89. The van der Waals surface area contributed by atoms with E-state index < -0.39 is 31.7 Å². The number of methoxy groups -OCH3 is 2. The Bertz CT molecular complexity index is 1040. The van der Waals surface area contributed by atoms with Gasteiger partial charge in [-0.2, -0.15) is 17.5 Å². The monoisotopic (exact) mass is 478 g/mol. The van der Waals surface area contributed by atoms with E-state index in [1.807, 2.05) is 12.1 Å². The highest BCUT2D eigenvalue weighted by Gasteiger charge is 2.36. The van der Waals surface area contributed by atoms with Crippen LogP contribution in [0.5, 0.6) is 11.5 Å². The predicted octanol–water partition coefficient (Wildman–Crippen LogP) is 3.88. The van der Waals surface area contributed by atoms with Crippen LogP contribution in [0.2, 0.25) is 5.02 Å². The Labute approximate surface area is 184 Å². The molecule has 31 heavy (non-hydrogen) atoms. The van der Waals surface area contributed by atoms with Crippen molar-refractivity contribution in [2.45, 2.75) is 17.6 Å². The van der Waals surface area contributed by atoms with Crippen LogP contribution in [0.1, 0.15) is 11.1 Å². The fourth-order valence-corrected chi connectivity index (χ4v) is 5.07. The number of hydrogen-bond acceptors (Lipinski definition) is 5. The molecular formula is C20H22ClF3N2O4S. The minimum absolute atomic E-state index is 0.166. The van der Waals surface area contributed by atoms with Gasteiger partial charge in [0.05, 0.1) is 29.7 Å². The summed E-state index contributed by atoms with van der Waals surface area (Å²) in [5, 5.41) is -0.536. The van der Waals surface area contributed by atoms with E-state index in [2.05, 4.69) is 4.90 Å². The number of ether oxygens (including phenoxy) is 2. The molecular weight excluding hydrogens is 457 g/mol. The first-order valence-electron chi connectivity index (χ1n) is 9.36. The maximum atomic E-state index is 13.1. The standard InChI is InChI=1S/C20H22ClF3N2O4S/c1-29-18-6-3-14(11-19(18)30-2)13-25-7-9-26(10-8-25)31(27,28)15-4-5-17(21)16(12-15)20(22,23)24/h3-6,11-12H,7-10,13H2,1-2H3. The lowest BCUT2D eigenvalue weighted by Crippen LogP contribution is -2.48. The topological polar surface area (TPSA) is 59.1 Å². The van der Waals surface area contributed by atoms with Crippen LogP contribution < -0.4 is 9.47 Å². The number of alkyl halides is 3. The van der Waals surface area contributed by atoms with Gasteiger partial charge in [-0.05, 0) is 35.9 Å². The third-order valence-corrected chi connectivity index (χ3v) is 7.29. The van der Waals surface area contributed by atoms with Crippen LogP contribution in [0.3, 0.4) is 0 Å². The van der Waals surface area contributed by atoms with E-state index in [1.54, 1.807) is 20.3 Å². The Hall–Kier alpha value is -2.01. The molecule has 0 saturated carbocycles. The van der Waals surface area contributed by atoms with Crippen molar-refractivity contribution in [3.8, 4) is 11.5 Å². The summed E-state index contributed by atoms with van der Waals surface area (Å²) in [5.41, 5.74) is -0.191. The lowest BCUT2D eigenvalue weighted by molar-refractivity contribution is -0.137. The van der Waals surface area contributed by atoms with Gasteiger partial charge >= 0.3 is 6.18 Å². The van der Waals surface area contributed by atoms with E-state index in [0.29, 0.717) is 37.2 Å². The number of sulfonamides is 1. The second kappa shape index (κ2) is 9.23. The molecule has 0 aliphatic carbocycles. The summed E-state index contributed by atoms with van der Waals surface area (Å²) in [6.45, 7) is 1.78. The number of benzene rings is 2. The van der Waals surface area contributed by atoms with Crippen molar-refractivity contribution in [1.82, 2.24) is 9.21 Å². The minimum atomic E-state index is -4.74. The van der Waals surface area contributed by atoms with E-state index in [1.165, 1.54) is 4.31 Å². The number of hydrogen-bond donors (Lipinski definition) is 0. The largest absolute Gasteiger partial charge is 0.493 e. The Balaban J connectivity index is 1.69. The smallest absolute Gasteiger partial charge is 0.417 e. The quantitative estimate of drug-likeness (QED) is 0.630. The summed E-state index contributed by atoms with van der Waals surface area (Å²) >= 11 is 5.60. The molecule has 0 amide bonds. The fourth-order valence-electron chi connectivity index (χ4n) is 3.40. The summed E-state index contributed by atoms with van der Waals surface area (Å²) in [6.07, 6.45) is -4.74. The van der Waals surface area contributed by atoms with Gasteiger partial charge in [-0.1, -0.05) is 17.7 Å². The third-order valence-electron chi connectivity index (χ3n) is 5.07. The number of rotatable bonds is 6. The molecule has 0 aromatic heterocycles. The van der Waals surface area contributed by atoms with E-state index in [4.69, 9.17) is 21.1 Å². The average Bonchev–Trinajstić information content (AvgIpc) is 2.73. The van der Waals surface area contributed by atoms with Crippen molar-refractivity contribution in [3.63, 3.8) is 0 Å².